The fourth-order valence-corrected chi connectivity index (χ4v) is 5.95. The number of aryl methyl sites for hydroxylation is 2. The van der Waals surface area contributed by atoms with E-state index in [2.05, 4.69) is 15.0 Å². The molecule has 1 saturated heterocycles. The zero-order valence-electron chi connectivity index (χ0n) is 17.9. The minimum absolute atomic E-state index is 0.0810. The quantitative estimate of drug-likeness (QED) is 0.400. The molecular formula is C23H23N5O2S2. The third kappa shape index (κ3) is 4.10. The summed E-state index contributed by atoms with van der Waals surface area (Å²) in [6.07, 6.45) is 1.79. The van der Waals surface area contributed by atoms with Gasteiger partial charge in [0.25, 0.3) is 5.91 Å². The van der Waals surface area contributed by atoms with Gasteiger partial charge in [0.2, 0.25) is 0 Å². The first-order chi connectivity index (χ1) is 15.6. The Bertz CT molecular complexity index is 1210. The fourth-order valence-electron chi connectivity index (χ4n) is 3.79. The lowest BCUT2D eigenvalue weighted by molar-refractivity contribution is 0.0743. The van der Waals surface area contributed by atoms with Crippen LogP contribution in [0.4, 0.5) is 5.13 Å². The van der Waals surface area contributed by atoms with E-state index in [1.165, 1.54) is 0 Å². The van der Waals surface area contributed by atoms with Gasteiger partial charge >= 0.3 is 0 Å². The maximum atomic E-state index is 13.3. The Morgan fingerprint density at radius 2 is 1.94 bits per heavy atom. The van der Waals surface area contributed by atoms with E-state index in [4.69, 9.17) is 9.51 Å². The summed E-state index contributed by atoms with van der Waals surface area (Å²) >= 11 is 3.26. The third-order valence-corrected chi connectivity index (χ3v) is 7.80. The lowest BCUT2D eigenvalue weighted by Gasteiger charge is -2.34. The van der Waals surface area contributed by atoms with Gasteiger partial charge in [0.05, 0.1) is 11.3 Å². The first-order valence-electron chi connectivity index (χ1n) is 10.5. The second-order valence-corrected chi connectivity index (χ2v) is 9.66. The number of thioether (sulfide) groups is 1. The summed E-state index contributed by atoms with van der Waals surface area (Å²) in [5.74, 6) is 1.64. The van der Waals surface area contributed by atoms with Gasteiger partial charge in [0.1, 0.15) is 16.1 Å². The molecule has 1 fully saturated rings. The van der Waals surface area contributed by atoms with E-state index in [-0.39, 0.29) is 5.91 Å². The first kappa shape index (κ1) is 21.0. The van der Waals surface area contributed by atoms with Gasteiger partial charge in [-0.15, -0.1) is 11.8 Å². The Morgan fingerprint density at radius 3 is 2.69 bits per heavy atom. The largest absolute Gasteiger partial charge is 0.361 e. The molecule has 0 N–H and O–H groups in total. The van der Waals surface area contributed by atoms with Crippen molar-refractivity contribution in [2.24, 2.45) is 0 Å². The number of carbonyl (C=O) groups is 1. The van der Waals surface area contributed by atoms with Crippen molar-refractivity contribution in [3.63, 3.8) is 0 Å². The van der Waals surface area contributed by atoms with Crippen molar-refractivity contribution in [3.05, 3.63) is 65.2 Å². The number of nitrogens with zero attached hydrogens (tertiary/aromatic N) is 5. The molecule has 0 bridgehead atoms. The summed E-state index contributed by atoms with van der Waals surface area (Å²) in [5.41, 5.74) is 3.67. The van der Waals surface area contributed by atoms with Crippen molar-refractivity contribution < 1.29 is 9.32 Å². The predicted octanol–water partition coefficient (Wildman–Crippen LogP) is 4.55. The van der Waals surface area contributed by atoms with Gasteiger partial charge in [-0.1, -0.05) is 28.6 Å². The van der Waals surface area contributed by atoms with Crippen molar-refractivity contribution in [1.29, 1.82) is 0 Å². The molecule has 1 amide bonds. The van der Waals surface area contributed by atoms with Crippen LogP contribution in [0.2, 0.25) is 0 Å². The Morgan fingerprint density at radius 1 is 1.12 bits per heavy atom. The highest BCUT2D eigenvalue weighted by Gasteiger charge is 2.25. The van der Waals surface area contributed by atoms with Gasteiger partial charge in [0, 0.05) is 48.6 Å². The van der Waals surface area contributed by atoms with E-state index in [0.29, 0.717) is 13.1 Å². The number of amides is 1. The van der Waals surface area contributed by atoms with Crippen LogP contribution in [0, 0.1) is 13.8 Å². The number of aromatic nitrogens is 3. The Labute approximate surface area is 194 Å². The van der Waals surface area contributed by atoms with Crippen LogP contribution in [0.15, 0.2) is 52.0 Å². The Balaban J connectivity index is 1.26. The molecule has 5 rings (SSSR count). The number of anilines is 1. The zero-order chi connectivity index (χ0) is 22.1. The lowest BCUT2D eigenvalue weighted by atomic mass is 10.2. The molecule has 1 aliphatic heterocycles. The minimum Gasteiger partial charge on any atom is -0.361 e. The number of rotatable bonds is 5. The number of hydrogen-bond donors (Lipinski definition) is 0. The van der Waals surface area contributed by atoms with E-state index in [1.807, 2.05) is 55.1 Å². The van der Waals surface area contributed by atoms with Crippen LogP contribution in [0.1, 0.15) is 27.4 Å². The molecule has 9 heteroatoms. The predicted molar refractivity (Wildman–Crippen MR) is 128 cm³/mol. The summed E-state index contributed by atoms with van der Waals surface area (Å²) in [6, 6.07) is 11.7. The van der Waals surface area contributed by atoms with Gasteiger partial charge in [-0.25, -0.2) is 9.97 Å². The number of pyridine rings is 1. The Hall–Kier alpha value is -2.91. The van der Waals surface area contributed by atoms with Gasteiger partial charge in [-0.3, -0.25) is 4.79 Å². The van der Waals surface area contributed by atoms with Gasteiger partial charge in [0.15, 0.2) is 5.13 Å². The van der Waals surface area contributed by atoms with Crippen molar-refractivity contribution in [1.82, 2.24) is 20.0 Å². The summed E-state index contributed by atoms with van der Waals surface area (Å²) in [4.78, 5) is 28.6. The monoisotopic (exact) mass is 465 g/mol. The molecule has 1 aliphatic rings. The number of thiazole rings is 1. The molecule has 1 aromatic carbocycles. The molecule has 0 aliphatic carbocycles. The molecule has 4 heterocycles. The van der Waals surface area contributed by atoms with E-state index < -0.39 is 0 Å². The highest BCUT2D eigenvalue weighted by molar-refractivity contribution is 7.98. The molecule has 7 nitrogen and oxygen atoms in total. The van der Waals surface area contributed by atoms with Crippen LogP contribution in [-0.4, -0.2) is 52.1 Å². The molecular weight excluding hydrogens is 442 g/mol. The van der Waals surface area contributed by atoms with E-state index in [0.717, 1.165) is 61.8 Å². The number of carbonyl (C=O) groups excluding carboxylic acids is 1. The zero-order valence-corrected chi connectivity index (χ0v) is 19.6. The van der Waals surface area contributed by atoms with Crippen molar-refractivity contribution in [3.8, 4) is 0 Å². The van der Waals surface area contributed by atoms with Crippen LogP contribution >= 0.6 is 23.1 Å². The second kappa shape index (κ2) is 8.91. The molecule has 3 aromatic heterocycles. The molecule has 4 aromatic rings. The van der Waals surface area contributed by atoms with Crippen molar-refractivity contribution >= 4 is 44.5 Å². The molecule has 0 radical (unpaired) electrons. The Kier molecular flexibility index (Phi) is 5.84. The van der Waals surface area contributed by atoms with Crippen molar-refractivity contribution in [2.75, 3.05) is 31.1 Å². The van der Waals surface area contributed by atoms with Gasteiger partial charge in [-0.2, -0.15) is 0 Å². The van der Waals surface area contributed by atoms with Crippen LogP contribution in [-0.2, 0) is 5.75 Å². The van der Waals surface area contributed by atoms with Crippen LogP contribution < -0.4 is 4.90 Å². The lowest BCUT2D eigenvalue weighted by Crippen LogP contribution is -2.48. The van der Waals surface area contributed by atoms with Crippen molar-refractivity contribution in [2.45, 2.75) is 24.5 Å². The van der Waals surface area contributed by atoms with Gasteiger partial charge < -0.3 is 14.3 Å². The summed E-state index contributed by atoms with van der Waals surface area (Å²) in [5, 5.41) is 5.00. The molecule has 164 valence electrons. The number of benzene rings is 1. The number of fused-ring (bicyclic) bond motifs is 1. The highest BCUT2D eigenvalue weighted by Crippen LogP contribution is 2.31. The topological polar surface area (TPSA) is 75.4 Å². The normalized spacial score (nSPS) is 14.3. The average Bonchev–Trinajstić information content (AvgIpc) is 3.40. The fraction of sp³-hybridized carbons (Fsp3) is 0.304. The standard InChI is InChI=1S/C23H23N5O2S2/c1-15-18(16(2)30-26-15)14-31-20-8-4-3-6-17(20)22(29)27-10-12-28(13-11-27)23-25-19-7-5-9-24-21(19)32-23/h3-9H,10-14H2,1-2H3. The molecule has 0 spiro atoms. The summed E-state index contributed by atoms with van der Waals surface area (Å²) in [6.45, 7) is 6.74. The average molecular weight is 466 g/mol. The van der Waals surface area contributed by atoms with E-state index in [1.54, 1.807) is 29.3 Å². The SMILES string of the molecule is Cc1noc(C)c1CSc1ccccc1C(=O)N1CCN(c2nc3cccnc3s2)CC1. The second-order valence-electron chi connectivity index (χ2n) is 7.69. The minimum atomic E-state index is 0.0810. The smallest absolute Gasteiger partial charge is 0.255 e. The summed E-state index contributed by atoms with van der Waals surface area (Å²) < 4.78 is 5.27. The number of piperazine rings is 1. The maximum Gasteiger partial charge on any atom is 0.255 e. The van der Waals surface area contributed by atoms with Gasteiger partial charge in [-0.05, 0) is 38.1 Å². The van der Waals surface area contributed by atoms with Crippen LogP contribution in [0.25, 0.3) is 10.3 Å². The van der Waals surface area contributed by atoms with E-state index in [9.17, 15) is 4.79 Å². The maximum absolute atomic E-state index is 13.3. The third-order valence-electron chi connectivity index (χ3n) is 5.66. The van der Waals surface area contributed by atoms with Crippen LogP contribution in [0.3, 0.4) is 0 Å². The molecule has 0 saturated carbocycles. The number of hydrogen-bond acceptors (Lipinski definition) is 8. The van der Waals surface area contributed by atoms with Crippen LogP contribution in [0.5, 0.6) is 0 Å². The molecule has 0 atom stereocenters. The van der Waals surface area contributed by atoms with E-state index >= 15 is 0 Å². The first-order valence-corrected chi connectivity index (χ1v) is 12.3. The highest BCUT2D eigenvalue weighted by atomic mass is 32.2. The summed E-state index contributed by atoms with van der Waals surface area (Å²) in [7, 11) is 0. The molecule has 32 heavy (non-hydrogen) atoms. The molecule has 0 unspecified atom stereocenters.